The summed E-state index contributed by atoms with van der Waals surface area (Å²) < 4.78 is 2.60. The van der Waals surface area contributed by atoms with Gasteiger partial charge in [-0.1, -0.05) is 130 Å². The van der Waals surface area contributed by atoms with Gasteiger partial charge in [-0.15, -0.1) is 59.7 Å². The second kappa shape index (κ2) is 16.9. The third-order valence-corrected chi connectivity index (χ3v) is 13.3. The summed E-state index contributed by atoms with van der Waals surface area (Å²) in [4.78, 5) is 9.43. The fraction of sp³-hybridized carbons (Fsp3) is 0.277. The summed E-state index contributed by atoms with van der Waals surface area (Å²) in [5.74, 6) is 1.51. The second-order valence-corrected chi connectivity index (χ2v) is 21.6. The first kappa shape index (κ1) is 38.0. The Hall–Kier alpha value is -3.73. The topological polar surface area (TPSA) is 25.8 Å². The van der Waals surface area contributed by atoms with Crippen molar-refractivity contribution >= 4 is 44.8 Å². The molecular formula is C47H48IrN2SSi-2. The monoisotopic (exact) mass is 893 g/mol. The third-order valence-electron chi connectivity index (χ3n) is 10.0. The molecule has 267 valence electrons. The average molecular weight is 893 g/mol. The van der Waals surface area contributed by atoms with Crippen LogP contribution in [0.3, 0.4) is 0 Å². The van der Waals surface area contributed by atoms with Crippen LogP contribution in [0.4, 0.5) is 0 Å². The molecule has 1 radical (unpaired) electrons. The van der Waals surface area contributed by atoms with Crippen molar-refractivity contribution in [1.29, 1.82) is 0 Å². The van der Waals surface area contributed by atoms with Crippen LogP contribution in [0, 0.1) is 24.0 Å². The predicted molar refractivity (Wildman–Crippen MR) is 223 cm³/mol. The molecule has 2 nitrogen and oxygen atoms in total. The van der Waals surface area contributed by atoms with E-state index in [0.717, 1.165) is 34.9 Å². The fourth-order valence-corrected chi connectivity index (χ4v) is 10.3. The molecule has 0 unspecified atom stereocenters. The Morgan fingerprint density at radius 1 is 0.769 bits per heavy atom. The van der Waals surface area contributed by atoms with E-state index in [1.807, 2.05) is 35.7 Å². The first-order valence-electron chi connectivity index (χ1n) is 18.6. The van der Waals surface area contributed by atoms with Crippen LogP contribution in [0.15, 0.2) is 116 Å². The number of hydrogen-bond acceptors (Lipinski definition) is 3. The maximum Gasteiger partial charge on any atom is 0.0798 e. The molecule has 52 heavy (non-hydrogen) atoms. The molecule has 5 heteroatoms. The molecular weight excluding hydrogens is 845 g/mol. The number of pyridine rings is 2. The molecule has 0 spiro atoms. The molecule has 7 aromatic rings. The number of rotatable bonds is 8. The van der Waals surface area contributed by atoms with Gasteiger partial charge in [0.25, 0.3) is 0 Å². The maximum absolute atomic E-state index is 4.75. The van der Waals surface area contributed by atoms with Gasteiger partial charge in [-0.25, -0.2) is 0 Å². The van der Waals surface area contributed by atoms with Crippen molar-refractivity contribution in [3.63, 3.8) is 0 Å². The van der Waals surface area contributed by atoms with Crippen LogP contribution in [0.25, 0.3) is 53.8 Å². The number of hydrogen-bond donors (Lipinski definition) is 0. The number of thiophene rings is 1. The van der Waals surface area contributed by atoms with Gasteiger partial charge in [0.1, 0.15) is 0 Å². The summed E-state index contributed by atoms with van der Waals surface area (Å²) in [5, 5.41) is 4.11. The van der Waals surface area contributed by atoms with Crippen LogP contribution in [0.5, 0.6) is 0 Å². The Morgan fingerprint density at radius 2 is 1.56 bits per heavy atom. The van der Waals surface area contributed by atoms with Crippen LogP contribution in [-0.4, -0.2) is 18.0 Å². The average Bonchev–Trinajstić information content (AvgIpc) is 3.79. The largest absolute Gasteiger partial charge is 0.305 e. The van der Waals surface area contributed by atoms with Gasteiger partial charge in [-0.05, 0) is 74.6 Å². The maximum atomic E-state index is 4.75. The molecule has 0 atom stereocenters. The van der Waals surface area contributed by atoms with E-state index in [0.29, 0.717) is 5.92 Å². The van der Waals surface area contributed by atoms with Crippen LogP contribution < -0.4 is 5.19 Å². The van der Waals surface area contributed by atoms with Gasteiger partial charge in [0, 0.05) is 37.2 Å². The molecule has 8 rings (SSSR count). The van der Waals surface area contributed by atoms with Crippen LogP contribution in [-0.2, 0) is 32.9 Å². The van der Waals surface area contributed by atoms with E-state index in [4.69, 9.17) is 4.98 Å². The number of aromatic nitrogens is 2. The van der Waals surface area contributed by atoms with Gasteiger partial charge in [0.2, 0.25) is 0 Å². The minimum Gasteiger partial charge on any atom is -0.305 e. The Kier molecular flexibility index (Phi) is 12.4. The van der Waals surface area contributed by atoms with E-state index in [1.165, 1.54) is 79.7 Å². The molecule has 0 bridgehead atoms. The Morgan fingerprint density at radius 3 is 2.29 bits per heavy atom. The molecule has 0 N–H and O–H groups in total. The van der Waals surface area contributed by atoms with Crippen molar-refractivity contribution in [2.24, 2.45) is 11.8 Å². The second-order valence-electron chi connectivity index (χ2n) is 15.5. The summed E-state index contributed by atoms with van der Waals surface area (Å²) in [6.07, 6.45) is 11.9. The van der Waals surface area contributed by atoms with E-state index in [-0.39, 0.29) is 20.1 Å². The van der Waals surface area contributed by atoms with Crippen molar-refractivity contribution < 1.29 is 20.1 Å². The Bertz CT molecular complexity index is 2230. The van der Waals surface area contributed by atoms with Gasteiger partial charge in [-0.3, -0.25) is 0 Å². The quantitative estimate of drug-likeness (QED) is 0.112. The minimum absolute atomic E-state index is 0. The zero-order valence-corrected chi connectivity index (χ0v) is 35.2. The number of nitrogens with zero attached hydrogens (tertiary/aromatic N) is 2. The van der Waals surface area contributed by atoms with Crippen LogP contribution in [0.1, 0.15) is 50.7 Å². The summed E-state index contributed by atoms with van der Waals surface area (Å²) in [6, 6.07) is 43.3. The van der Waals surface area contributed by atoms with E-state index in [2.05, 4.69) is 142 Å². The van der Waals surface area contributed by atoms with E-state index < -0.39 is 8.07 Å². The molecule has 1 saturated carbocycles. The van der Waals surface area contributed by atoms with Crippen molar-refractivity contribution in [2.75, 3.05) is 0 Å². The van der Waals surface area contributed by atoms with Crippen molar-refractivity contribution in [3.05, 3.63) is 139 Å². The number of fused-ring (bicyclic) bond motifs is 3. The van der Waals surface area contributed by atoms with Crippen molar-refractivity contribution in [3.8, 4) is 33.6 Å². The molecule has 1 aliphatic rings. The first-order valence-corrected chi connectivity index (χ1v) is 22.9. The standard InChI is InChI=1S/C29H24NS.C18H24NSi.Ir/c1-2-9-22(10-3-1)23-13-14-24-25-11-6-12-26(29(25)31-28(24)19-23)27-18-21(15-16-30-27)17-20-7-4-5-8-20;1-14(2)11-16-12-17(15-9-7-6-8-10-15)19-13-18(16)20(3,4)5;/h1-3,6,9-11,13-16,18-20H,4-5,7-8,17H2;6-9,12-14H,11H2,1-5H3;/q2*-1;. The van der Waals surface area contributed by atoms with E-state index in [9.17, 15) is 0 Å². The summed E-state index contributed by atoms with van der Waals surface area (Å²) in [6.45, 7) is 11.7. The molecule has 3 heterocycles. The molecule has 3 aromatic heterocycles. The van der Waals surface area contributed by atoms with Gasteiger partial charge in [0.05, 0.1) is 8.07 Å². The van der Waals surface area contributed by atoms with Crippen LogP contribution >= 0.6 is 11.3 Å². The van der Waals surface area contributed by atoms with E-state index >= 15 is 0 Å². The molecule has 0 aliphatic heterocycles. The van der Waals surface area contributed by atoms with Crippen LogP contribution in [0.2, 0.25) is 19.6 Å². The molecule has 0 saturated heterocycles. The minimum atomic E-state index is -1.34. The zero-order chi connectivity index (χ0) is 35.4. The SMILES string of the molecule is CC(C)Cc1cc(-c2[c-]cccc2)ncc1[Si](C)(C)C.[Ir].[c-]1ccc2c(sc3cc(-c4ccccc4)ccc32)c1-c1cc(CC2CCCC2)ccn1. The van der Waals surface area contributed by atoms with Crippen molar-refractivity contribution in [2.45, 2.75) is 72.0 Å². The predicted octanol–water partition coefficient (Wildman–Crippen LogP) is 12.6. The third kappa shape index (κ3) is 8.89. The zero-order valence-electron chi connectivity index (χ0n) is 31.0. The van der Waals surface area contributed by atoms with Gasteiger partial charge >= 0.3 is 0 Å². The summed E-state index contributed by atoms with van der Waals surface area (Å²) in [5.41, 5.74) is 9.72. The smallest absolute Gasteiger partial charge is 0.0798 e. The van der Waals surface area contributed by atoms with Gasteiger partial charge in [-0.2, -0.15) is 11.3 Å². The van der Waals surface area contributed by atoms with E-state index in [1.54, 1.807) is 0 Å². The molecule has 1 aliphatic carbocycles. The first-order chi connectivity index (χ1) is 24.7. The number of benzene rings is 4. The Balaban J connectivity index is 0.000000193. The molecule has 1 fully saturated rings. The fourth-order valence-electron chi connectivity index (χ4n) is 7.51. The van der Waals surface area contributed by atoms with Gasteiger partial charge < -0.3 is 9.97 Å². The Labute approximate surface area is 329 Å². The summed E-state index contributed by atoms with van der Waals surface area (Å²) >= 11 is 1.86. The molecule has 0 amide bonds. The van der Waals surface area contributed by atoms with Gasteiger partial charge in [0.15, 0.2) is 0 Å². The van der Waals surface area contributed by atoms with Crippen molar-refractivity contribution in [1.82, 2.24) is 9.97 Å². The normalized spacial score (nSPS) is 13.3. The molecule has 4 aromatic carbocycles. The summed E-state index contributed by atoms with van der Waals surface area (Å²) in [7, 11) is -1.34.